The third-order valence-corrected chi connectivity index (χ3v) is 6.17. The number of carboxylic acid groups (broad SMARTS) is 1. The summed E-state index contributed by atoms with van der Waals surface area (Å²) < 4.78 is 13.2. The number of hydrogen-bond acceptors (Lipinski definition) is 4. The molecule has 0 aromatic heterocycles. The number of carboxylic acids is 1. The second kappa shape index (κ2) is 9.47. The Labute approximate surface area is 181 Å². The Morgan fingerprint density at radius 3 is 2.42 bits per heavy atom. The molecule has 0 radical (unpaired) electrons. The summed E-state index contributed by atoms with van der Waals surface area (Å²) in [7, 11) is 0. The van der Waals surface area contributed by atoms with Crippen LogP contribution in [0.15, 0.2) is 42.5 Å². The minimum Gasteiger partial charge on any atom is -0.478 e. The summed E-state index contributed by atoms with van der Waals surface area (Å²) in [6, 6.07) is 10.2. The molecule has 2 fully saturated rings. The maximum absolute atomic E-state index is 13.2. The lowest BCUT2D eigenvalue weighted by Crippen LogP contribution is -2.40. The van der Waals surface area contributed by atoms with E-state index in [1.165, 1.54) is 62.7 Å². The maximum Gasteiger partial charge on any atom is 0.335 e. The molecule has 2 aromatic carbocycles. The number of benzene rings is 2. The van der Waals surface area contributed by atoms with Gasteiger partial charge in [-0.1, -0.05) is 0 Å². The standard InChI is InChI=1S/C24H28FN3O3/c25-20-8-5-18(6-9-20)23(29)26-21-14-19(24(30)31)7-10-22(21)28-13-3-4-17(16-28)15-27-11-1-2-12-27/h5-10,14,17H,1-4,11-13,15-16H2,(H,26,29)(H,30,31)/t17-/m0/s1. The van der Waals surface area contributed by atoms with E-state index in [4.69, 9.17) is 0 Å². The van der Waals surface area contributed by atoms with E-state index in [0.29, 0.717) is 17.2 Å². The van der Waals surface area contributed by atoms with E-state index in [2.05, 4.69) is 15.1 Å². The van der Waals surface area contributed by atoms with Crippen LogP contribution in [0, 0.1) is 11.7 Å². The van der Waals surface area contributed by atoms with E-state index in [0.717, 1.165) is 31.7 Å². The van der Waals surface area contributed by atoms with Gasteiger partial charge in [0.15, 0.2) is 0 Å². The normalized spacial score (nSPS) is 19.4. The number of carbonyl (C=O) groups excluding carboxylic acids is 1. The minimum absolute atomic E-state index is 0.115. The molecular weight excluding hydrogens is 397 g/mol. The van der Waals surface area contributed by atoms with Crippen LogP contribution in [0.5, 0.6) is 0 Å². The molecule has 2 N–H and O–H groups in total. The zero-order valence-corrected chi connectivity index (χ0v) is 17.5. The van der Waals surface area contributed by atoms with Crippen LogP contribution in [0.25, 0.3) is 0 Å². The van der Waals surface area contributed by atoms with Gasteiger partial charge in [0.1, 0.15) is 5.82 Å². The molecule has 2 saturated heterocycles. The molecule has 0 aliphatic carbocycles. The molecule has 0 bridgehead atoms. The number of rotatable bonds is 6. The first-order valence-corrected chi connectivity index (χ1v) is 10.9. The number of nitrogens with one attached hydrogen (secondary N) is 1. The van der Waals surface area contributed by atoms with Gasteiger partial charge in [-0.15, -0.1) is 0 Å². The smallest absolute Gasteiger partial charge is 0.335 e. The van der Waals surface area contributed by atoms with Crippen molar-refractivity contribution in [1.29, 1.82) is 0 Å². The zero-order valence-electron chi connectivity index (χ0n) is 17.5. The lowest BCUT2D eigenvalue weighted by molar-refractivity contribution is 0.0696. The van der Waals surface area contributed by atoms with Crippen LogP contribution in [-0.4, -0.2) is 54.6 Å². The van der Waals surface area contributed by atoms with E-state index in [9.17, 15) is 19.1 Å². The molecule has 6 nitrogen and oxygen atoms in total. The SMILES string of the molecule is O=C(O)c1ccc(N2CCC[C@@H](CN3CCCC3)C2)c(NC(=O)c2ccc(F)cc2)c1. The van der Waals surface area contributed by atoms with Crippen molar-refractivity contribution in [2.45, 2.75) is 25.7 Å². The molecule has 2 aromatic rings. The third-order valence-electron chi connectivity index (χ3n) is 6.17. The summed E-state index contributed by atoms with van der Waals surface area (Å²) >= 11 is 0. The Bertz CT molecular complexity index is 942. The topological polar surface area (TPSA) is 72.9 Å². The average molecular weight is 426 g/mol. The van der Waals surface area contributed by atoms with E-state index >= 15 is 0 Å². The molecule has 1 atom stereocenters. The lowest BCUT2D eigenvalue weighted by atomic mass is 9.96. The summed E-state index contributed by atoms with van der Waals surface area (Å²) in [5, 5.41) is 12.3. The van der Waals surface area contributed by atoms with Crippen LogP contribution in [0.4, 0.5) is 15.8 Å². The number of halogens is 1. The van der Waals surface area contributed by atoms with Crippen LogP contribution in [0.3, 0.4) is 0 Å². The van der Waals surface area contributed by atoms with Gasteiger partial charge in [-0.25, -0.2) is 9.18 Å². The molecule has 31 heavy (non-hydrogen) atoms. The Kier molecular flexibility index (Phi) is 6.51. The van der Waals surface area contributed by atoms with Crippen molar-refractivity contribution in [3.05, 3.63) is 59.4 Å². The summed E-state index contributed by atoms with van der Waals surface area (Å²) in [5.41, 5.74) is 1.73. The van der Waals surface area contributed by atoms with Gasteiger partial charge in [0.25, 0.3) is 5.91 Å². The van der Waals surface area contributed by atoms with Gasteiger partial charge < -0.3 is 20.2 Å². The fourth-order valence-corrected chi connectivity index (χ4v) is 4.60. The predicted molar refractivity (Wildman–Crippen MR) is 118 cm³/mol. The average Bonchev–Trinajstić information content (AvgIpc) is 3.27. The van der Waals surface area contributed by atoms with E-state index in [1.54, 1.807) is 12.1 Å². The minimum atomic E-state index is -1.05. The van der Waals surface area contributed by atoms with Gasteiger partial charge in [-0.2, -0.15) is 0 Å². The van der Waals surface area contributed by atoms with Crippen LogP contribution in [0.1, 0.15) is 46.4 Å². The van der Waals surface area contributed by atoms with Crippen molar-refractivity contribution >= 4 is 23.3 Å². The van der Waals surface area contributed by atoms with Gasteiger partial charge in [0.05, 0.1) is 16.9 Å². The predicted octanol–water partition coefficient (Wildman–Crippen LogP) is 4.09. The van der Waals surface area contributed by atoms with E-state index in [1.807, 2.05) is 0 Å². The van der Waals surface area contributed by atoms with Gasteiger partial charge in [0.2, 0.25) is 0 Å². The number of likely N-dealkylation sites (tertiary alicyclic amines) is 1. The third kappa shape index (κ3) is 5.22. The van der Waals surface area contributed by atoms with Crippen molar-refractivity contribution < 1.29 is 19.1 Å². The molecule has 0 unspecified atom stereocenters. The summed E-state index contributed by atoms with van der Waals surface area (Å²) in [6.07, 6.45) is 4.78. The van der Waals surface area contributed by atoms with Crippen LogP contribution in [0.2, 0.25) is 0 Å². The monoisotopic (exact) mass is 425 g/mol. The Hall–Kier alpha value is -2.93. The van der Waals surface area contributed by atoms with Gasteiger partial charge in [-0.3, -0.25) is 4.79 Å². The number of amides is 1. The highest BCUT2D eigenvalue weighted by Gasteiger charge is 2.25. The molecule has 164 valence electrons. The van der Waals surface area contributed by atoms with E-state index in [-0.39, 0.29) is 5.56 Å². The number of carbonyl (C=O) groups is 2. The Balaban J connectivity index is 1.55. The van der Waals surface area contributed by atoms with Gasteiger partial charge in [-0.05, 0) is 87.2 Å². The first kappa shape index (κ1) is 21.3. The van der Waals surface area contributed by atoms with Crippen molar-refractivity contribution in [3.63, 3.8) is 0 Å². The zero-order chi connectivity index (χ0) is 21.8. The second-order valence-electron chi connectivity index (χ2n) is 8.46. The summed E-state index contributed by atoms with van der Waals surface area (Å²) in [4.78, 5) is 29.0. The van der Waals surface area contributed by atoms with Crippen molar-refractivity contribution in [2.75, 3.05) is 42.9 Å². The fourth-order valence-electron chi connectivity index (χ4n) is 4.60. The molecule has 2 heterocycles. The van der Waals surface area contributed by atoms with Crippen molar-refractivity contribution in [1.82, 2.24) is 4.90 Å². The number of hydrogen-bond donors (Lipinski definition) is 2. The molecule has 2 aliphatic rings. The number of nitrogens with zero attached hydrogens (tertiary/aromatic N) is 2. The molecule has 2 aliphatic heterocycles. The summed E-state index contributed by atoms with van der Waals surface area (Å²) in [5.74, 6) is -1.31. The Morgan fingerprint density at radius 1 is 1.00 bits per heavy atom. The number of anilines is 2. The van der Waals surface area contributed by atoms with Gasteiger partial charge >= 0.3 is 5.97 Å². The highest BCUT2D eigenvalue weighted by Crippen LogP contribution is 2.32. The lowest BCUT2D eigenvalue weighted by Gasteiger charge is -2.37. The molecular formula is C24H28FN3O3. The first-order chi connectivity index (χ1) is 15.0. The second-order valence-corrected chi connectivity index (χ2v) is 8.46. The van der Waals surface area contributed by atoms with Crippen molar-refractivity contribution in [3.8, 4) is 0 Å². The molecule has 0 spiro atoms. The fraction of sp³-hybridized carbons (Fsp3) is 0.417. The Morgan fingerprint density at radius 2 is 1.71 bits per heavy atom. The highest BCUT2D eigenvalue weighted by atomic mass is 19.1. The molecule has 0 saturated carbocycles. The van der Waals surface area contributed by atoms with Crippen LogP contribution in [-0.2, 0) is 0 Å². The van der Waals surface area contributed by atoms with Crippen molar-refractivity contribution in [2.24, 2.45) is 5.92 Å². The summed E-state index contributed by atoms with van der Waals surface area (Å²) in [6.45, 7) is 5.16. The molecule has 4 rings (SSSR count). The van der Waals surface area contributed by atoms with Crippen LogP contribution >= 0.6 is 0 Å². The van der Waals surface area contributed by atoms with E-state index < -0.39 is 17.7 Å². The first-order valence-electron chi connectivity index (χ1n) is 10.9. The van der Waals surface area contributed by atoms with Crippen LogP contribution < -0.4 is 10.2 Å². The molecule has 1 amide bonds. The largest absolute Gasteiger partial charge is 0.478 e. The number of aromatic carboxylic acids is 1. The maximum atomic E-state index is 13.2. The van der Waals surface area contributed by atoms with Gasteiger partial charge in [0, 0.05) is 25.2 Å². The highest BCUT2D eigenvalue weighted by molar-refractivity contribution is 6.06. The number of piperidine rings is 1. The quantitative estimate of drug-likeness (QED) is 0.729. The molecule has 7 heteroatoms.